The van der Waals surface area contributed by atoms with E-state index in [2.05, 4.69) is 0 Å². The quantitative estimate of drug-likeness (QED) is 0.532. The smallest absolute Gasteiger partial charge is 0.239 e. The van der Waals surface area contributed by atoms with Crippen molar-refractivity contribution in [2.75, 3.05) is 14.2 Å². The van der Waals surface area contributed by atoms with Gasteiger partial charge in [-0.15, -0.1) is 0 Å². The van der Waals surface area contributed by atoms with Crippen molar-refractivity contribution in [1.29, 1.82) is 0 Å². The molecule has 0 aliphatic heterocycles. The van der Waals surface area contributed by atoms with Gasteiger partial charge in [-0.1, -0.05) is 0 Å². The van der Waals surface area contributed by atoms with E-state index in [9.17, 15) is 25.2 Å². The molecule has 0 fully saturated rings. The van der Waals surface area contributed by atoms with Crippen molar-refractivity contribution in [3.63, 3.8) is 0 Å². The van der Waals surface area contributed by atoms with E-state index in [-0.39, 0.29) is 17.1 Å². The average Bonchev–Trinajstić information content (AvgIpc) is 2.63. The highest BCUT2D eigenvalue weighted by Crippen LogP contribution is 2.49. The predicted molar refractivity (Wildman–Crippen MR) is 87.7 cm³/mol. The van der Waals surface area contributed by atoms with Crippen LogP contribution >= 0.6 is 0 Å². The van der Waals surface area contributed by atoms with Gasteiger partial charge in [0, 0.05) is 5.56 Å². The summed E-state index contributed by atoms with van der Waals surface area (Å²) < 4.78 is 15.5. The molecule has 0 spiro atoms. The molecule has 8 nitrogen and oxygen atoms in total. The Morgan fingerprint density at radius 2 is 1.48 bits per heavy atom. The number of phenolic OH excluding ortho intramolecular Hbond substituents is 3. The summed E-state index contributed by atoms with van der Waals surface area (Å²) in [5.74, 6) is -3.40. The molecule has 0 saturated heterocycles. The minimum absolute atomic E-state index is 0.192. The van der Waals surface area contributed by atoms with E-state index in [4.69, 9.17) is 13.9 Å². The molecule has 2 aromatic carbocycles. The van der Waals surface area contributed by atoms with Crippen molar-refractivity contribution in [2.45, 2.75) is 0 Å². The molecule has 4 N–H and O–H groups in total. The molecule has 3 rings (SSSR count). The molecular formula is C17H14O8. The molecule has 3 aromatic rings. The van der Waals surface area contributed by atoms with Crippen molar-refractivity contribution in [3.05, 3.63) is 34.5 Å². The van der Waals surface area contributed by atoms with Crippen molar-refractivity contribution in [2.24, 2.45) is 0 Å². The number of phenols is 3. The fourth-order valence-corrected chi connectivity index (χ4v) is 2.47. The van der Waals surface area contributed by atoms with E-state index < -0.39 is 33.8 Å². The van der Waals surface area contributed by atoms with E-state index in [0.717, 1.165) is 0 Å². The highest BCUT2D eigenvalue weighted by molar-refractivity contribution is 5.96. The fourth-order valence-electron chi connectivity index (χ4n) is 2.47. The van der Waals surface area contributed by atoms with Crippen LogP contribution in [0.4, 0.5) is 0 Å². The first kappa shape index (κ1) is 16.3. The predicted octanol–water partition coefficient (Wildman–Crippen LogP) is 2.30. The van der Waals surface area contributed by atoms with Crippen LogP contribution in [0.1, 0.15) is 0 Å². The van der Waals surface area contributed by atoms with Crippen LogP contribution < -0.4 is 14.9 Å². The lowest BCUT2D eigenvalue weighted by Crippen LogP contribution is -2.04. The average molecular weight is 346 g/mol. The minimum atomic E-state index is -0.988. The van der Waals surface area contributed by atoms with Gasteiger partial charge in [0.1, 0.15) is 11.1 Å². The van der Waals surface area contributed by atoms with E-state index in [1.807, 2.05) is 0 Å². The van der Waals surface area contributed by atoms with Gasteiger partial charge in [-0.2, -0.15) is 0 Å². The summed E-state index contributed by atoms with van der Waals surface area (Å²) in [4.78, 5) is 12.5. The first-order chi connectivity index (χ1) is 11.9. The second-order valence-electron chi connectivity index (χ2n) is 5.12. The zero-order valence-electron chi connectivity index (χ0n) is 13.2. The third-order valence-electron chi connectivity index (χ3n) is 3.75. The van der Waals surface area contributed by atoms with Gasteiger partial charge in [-0.25, -0.2) is 0 Å². The number of hydrogen-bond acceptors (Lipinski definition) is 8. The summed E-state index contributed by atoms with van der Waals surface area (Å²) in [7, 11) is 2.68. The zero-order valence-corrected chi connectivity index (χ0v) is 13.2. The maximum atomic E-state index is 12.5. The Labute approximate surface area is 140 Å². The SMILES string of the molecule is COc1ccc(-c2oc3c(OC)c(O)c(O)c(O)c3c(=O)c2O)cc1. The van der Waals surface area contributed by atoms with Crippen LogP contribution in [-0.4, -0.2) is 34.6 Å². The number of methoxy groups -OCH3 is 2. The van der Waals surface area contributed by atoms with Crippen LogP contribution in [0.2, 0.25) is 0 Å². The second-order valence-corrected chi connectivity index (χ2v) is 5.12. The summed E-state index contributed by atoms with van der Waals surface area (Å²) in [5, 5.41) is 39.2. The highest BCUT2D eigenvalue weighted by Gasteiger charge is 2.27. The van der Waals surface area contributed by atoms with Gasteiger partial charge in [0.2, 0.25) is 28.4 Å². The van der Waals surface area contributed by atoms with Gasteiger partial charge in [0.25, 0.3) is 0 Å². The standard InChI is InChI=1S/C17H14O8/c1-23-8-5-3-7(4-6-8)15-13(21)11(19)9-10(18)12(20)14(22)17(24-2)16(9)25-15/h3-6,18,20-22H,1-2H3. The molecule has 0 amide bonds. The summed E-state index contributed by atoms with van der Waals surface area (Å²) in [5.41, 5.74) is -0.950. The van der Waals surface area contributed by atoms with Crippen molar-refractivity contribution in [1.82, 2.24) is 0 Å². The zero-order chi connectivity index (χ0) is 18.3. The molecule has 0 radical (unpaired) electrons. The van der Waals surface area contributed by atoms with Crippen LogP contribution in [0.3, 0.4) is 0 Å². The van der Waals surface area contributed by atoms with Gasteiger partial charge in [-0.05, 0) is 24.3 Å². The molecule has 25 heavy (non-hydrogen) atoms. The van der Waals surface area contributed by atoms with Gasteiger partial charge in [-0.3, -0.25) is 4.79 Å². The van der Waals surface area contributed by atoms with Crippen LogP contribution in [0, 0.1) is 0 Å². The molecule has 0 unspecified atom stereocenters. The first-order valence-electron chi connectivity index (χ1n) is 7.05. The normalized spacial score (nSPS) is 10.8. The molecule has 130 valence electrons. The van der Waals surface area contributed by atoms with Crippen LogP contribution in [0.25, 0.3) is 22.3 Å². The maximum absolute atomic E-state index is 12.5. The molecular weight excluding hydrogens is 332 g/mol. The monoisotopic (exact) mass is 346 g/mol. The number of rotatable bonds is 3. The summed E-state index contributed by atoms with van der Waals surface area (Å²) in [6, 6.07) is 6.30. The molecule has 0 aliphatic carbocycles. The molecule has 0 bridgehead atoms. The van der Waals surface area contributed by atoms with Gasteiger partial charge < -0.3 is 34.3 Å². The number of benzene rings is 2. The lowest BCUT2D eigenvalue weighted by molar-refractivity contribution is 0.335. The first-order valence-corrected chi connectivity index (χ1v) is 7.05. The Hall–Kier alpha value is -3.55. The Morgan fingerprint density at radius 1 is 0.840 bits per heavy atom. The van der Waals surface area contributed by atoms with E-state index in [1.54, 1.807) is 24.3 Å². The fraction of sp³-hybridized carbons (Fsp3) is 0.118. The summed E-state index contributed by atoms with van der Waals surface area (Å²) in [6.45, 7) is 0. The van der Waals surface area contributed by atoms with Crippen molar-refractivity contribution < 1.29 is 34.3 Å². The van der Waals surface area contributed by atoms with Crippen molar-refractivity contribution >= 4 is 11.0 Å². The molecule has 1 aromatic heterocycles. The highest BCUT2D eigenvalue weighted by atomic mass is 16.5. The number of hydrogen-bond donors (Lipinski definition) is 4. The van der Waals surface area contributed by atoms with Crippen molar-refractivity contribution in [3.8, 4) is 45.8 Å². The van der Waals surface area contributed by atoms with Gasteiger partial charge in [0.05, 0.1) is 14.2 Å². The third kappa shape index (κ3) is 2.35. The topological polar surface area (TPSA) is 130 Å². The Morgan fingerprint density at radius 3 is 2.04 bits per heavy atom. The molecule has 1 heterocycles. The maximum Gasteiger partial charge on any atom is 0.239 e. The third-order valence-corrected chi connectivity index (χ3v) is 3.75. The summed E-state index contributed by atoms with van der Waals surface area (Å²) >= 11 is 0. The number of ether oxygens (including phenoxy) is 2. The lowest BCUT2D eigenvalue weighted by Gasteiger charge is -2.12. The molecule has 0 atom stereocenters. The van der Waals surface area contributed by atoms with E-state index >= 15 is 0 Å². The largest absolute Gasteiger partial charge is 0.504 e. The number of fused-ring (bicyclic) bond motifs is 1. The molecule has 0 aliphatic rings. The molecule has 8 heteroatoms. The van der Waals surface area contributed by atoms with Crippen LogP contribution in [-0.2, 0) is 0 Å². The van der Waals surface area contributed by atoms with E-state index in [1.165, 1.54) is 14.2 Å². The minimum Gasteiger partial charge on any atom is -0.504 e. The Balaban J connectivity index is 2.41. The van der Waals surface area contributed by atoms with Gasteiger partial charge >= 0.3 is 0 Å². The molecule has 0 saturated carbocycles. The number of aromatic hydroxyl groups is 4. The van der Waals surface area contributed by atoms with Crippen LogP contribution in [0.5, 0.6) is 34.5 Å². The second kappa shape index (κ2) is 5.82. The summed E-state index contributed by atoms with van der Waals surface area (Å²) in [6.07, 6.45) is 0. The van der Waals surface area contributed by atoms with Crippen LogP contribution in [0.15, 0.2) is 33.5 Å². The van der Waals surface area contributed by atoms with E-state index in [0.29, 0.717) is 11.3 Å². The Kier molecular flexibility index (Phi) is 3.80. The van der Waals surface area contributed by atoms with Gasteiger partial charge in [0.15, 0.2) is 17.1 Å². The lowest BCUT2D eigenvalue weighted by atomic mass is 10.1. The Bertz CT molecular complexity index is 1020.